The lowest BCUT2D eigenvalue weighted by Gasteiger charge is -2.28. The summed E-state index contributed by atoms with van der Waals surface area (Å²) in [5.74, 6) is 1.21. The van der Waals surface area contributed by atoms with Gasteiger partial charge >= 0.3 is 0 Å². The average Bonchev–Trinajstić information content (AvgIpc) is 3.77. The number of hydrogen-bond acceptors (Lipinski definition) is 9. The number of aliphatic hydroxyl groups excluding tert-OH is 1. The molecule has 12 heteroatoms. The Morgan fingerprint density at radius 1 is 1.00 bits per heavy atom. The predicted octanol–water partition coefficient (Wildman–Crippen LogP) is 2.97. The van der Waals surface area contributed by atoms with Crippen LogP contribution in [0.15, 0.2) is 73.7 Å². The molecule has 0 saturated carbocycles. The first-order valence-corrected chi connectivity index (χ1v) is 13.8. The highest BCUT2D eigenvalue weighted by Gasteiger charge is 2.29. The molecule has 0 spiro atoms. The Kier molecular flexibility index (Phi) is 6.53. The van der Waals surface area contributed by atoms with Crippen LogP contribution in [-0.2, 0) is 10.3 Å². The highest BCUT2D eigenvalue weighted by Crippen LogP contribution is 2.31. The minimum Gasteiger partial charge on any atom is -0.388 e. The Labute approximate surface area is 241 Å². The number of nitrogens with two attached hydrogens (primary N) is 1. The third-order valence-corrected chi connectivity index (χ3v) is 8.17. The fourth-order valence-corrected chi connectivity index (χ4v) is 5.56. The molecular weight excluding hydrogens is 537 g/mol. The Balaban J connectivity index is 1.08. The van der Waals surface area contributed by atoms with Crippen LogP contribution in [0.2, 0.25) is 0 Å². The molecule has 3 atom stereocenters. The minimum atomic E-state index is -0.844. The summed E-state index contributed by atoms with van der Waals surface area (Å²) in [4.78, 5) is 16.1. The molecule has 4 aromatic heterocycles. The van der Waals surface area contributed by atoms with Crippen LogP contribution in [-0.4, -0.2) is 71.9 Å². The number of rotatable bonds is 6. The minimum absolute atomic E-state index is 0.185. The van der Waals surface area contributed by atoms with Gasteiger partial charge in [0.1, 0.15) is 29.8 Å². The van der Waals surface area contributed by atoms with Crippen molar-refractivity contribution in [2.75, 3.05) is 31.2 Å². The van der Waals surface area contributed by atoms with Crippen LogP contribution >= 0.6 is 0 Å². The Hall–Kier alpha value is -4.52. The number of aromatic nitrogens is 7. The number of hydrogen-bond donors (Lipinski definition) is 2. The van der Waals surface area contributed by atoms with Crippen LogP contribution in [0.3, 0.4) is 0 Å². The van der Waals surface area contributed by atoms with Gasteiger partial charge in [-0.15, -0.1) is 0 Å². The summed E-state index contributed by atoms with van der Waals surface area (Å²) in [6.45, 7) is 4.02. The summed E-state index contributed by atoms with van der Waals surface area (Å²) in [5, 5.41) is 19.0. The molecule has 0 aliphatic carbocycles. The third kappa shape index (κ3) is 4.73. The van der Waals surface area contributed by atoms with Gasteiger partial charge in [-0.25, -0.2) is 23.9 Å². The molecule has 42 heavy (non-hydrogen) atoms. The van der Waals surface area contributed by atoms with Crippen molar-refractivity contribution in [1.29, 1.82) is 0 Å². The molecule has 1 fully saturated rings. The van der Waals surface area contributed by atoms with Crippen LogP contribution in [0, 0.1) is 5.82 Å². The number of fused-ring (bicyclic) bond motifs is 1. The van der Waals surface area contributed by atoms with E-state index in [4.69, 9.17) is 10.5 Å². The fourth-order valence-electron chi connectivity index (χ4n) is 5.56. The molecule has 0 radical (unpaired) electrons. The molecule has 1 saturated heterocycles. The lowest BCUT2D eigenvalue weighted by molar-refractivity contribution is 0.118. The summed E-state index contributed by atoms with van der Waals surface area (Å²) >= 11 is 0. The average molecular weight is 568 g/mol. The molecule has 7 rings (SSSR count). The summed E-state index contributed by atoms with van der Waals surface area (Å²) in [7, 11) is 0. The third-order valence-electron chi connectivity index (χ3n) is 8.17. The van der Waals surface area contributed by atoms with Crippen LogP contribution in [0.4, 0.5) is 10.2 Å². The zero-order valence-corrected chi connectivity index (χ0v) is 23.0. The van der Waals surface area contributed by atoms with E-state index in [1.807, 2.05) is 23.8 Å². The van der Waals surface area contributed by atoms with Gasteiger partial charge in [0.15, 0.2) is 11.6 Å². The monoisotopic (exact) mass is 567 g/mol. The number of aliphatic hydroxyl groups is 1. The van der Waals surface area contributed by atoms with E-state index in [0.29, 0.717) is 25.6 Å². The zero-order valence-electron chi connectivity index (χ0n) is 23.0. The van der Waals surface area contributed by atoms with Crippen molar-refractivity contribution in [1.82, 2.24) is 34.3 Å². The van der Waals surface area contributed by atoms with Crippen molar-refractivity contribution in [3.05, 3.63) is 96.5 Å². The van der Waals surface area contributed by atoms with Crippen LogP contribution in [0.25, 0.3) is 22.2 Å². The first-order chi connectivity index (χ1) is 20.4. The second-order valence-corrected chi connectivity index (χ2v) is 11.0. The van der Waals surface area contributed by atoms with Gasteiger partial charge < -0.3 is 20.5 Å². The second kappa shape index (κ2) is 10.4. The second-order valence-electron chi connectivity index (χ2n) is 11.0. The van der Waals surface area contributed by atoms with E-state index in [1.54, 1.807) is 41.7 Å². The highest BCUT2D eigenvalue weighted by atomic mass is 19.1. The van der Waals surface area contributed by atoms with Gasteiger partial charge in [-0.3, -0.25) is 4.68 Å². The number of benzene rings is 1. The smallest absolute Gasteiger partial charge is 0.156 e. The normalized spacial score (nSPS) is 20.6. The van der Waals surface area contributed by atoms with E-state index in [2.05, 4.69) is 42.2 Å². The molecule has 214 valence electrons. The van der Waals surface area contributed by atoms with Crippen molar-refractivity contribution >= 4 is 16.9 Å². The van der Waals surface area contributed by atoms with E-state index >= 15 is 0 Å². The number of nitrogens with zero attached hydrogens (tertiary/aromatic N) is 8. The van der Waals surface area contributed by atoms with Crippen molar-refractivity contribution in [2.24, 2.45) is 5.73 Å². The Bertz CT molecular complexity index is 1760. The first kappa shape index (κ1) is 26.4. The summed E-state index contributed by atoms with van der Waals surface area (Å²) in [5.41, 5.74) is 11.1. The SMILES string of the molecule is C[C@](N)(c1ccc(F)cc1)c1cnc(C2=CCN(c3ncnn4cc(-c5cnn(C6COC[C@@H]6O)c5)cc34)CC2)nc1. The van der Waals surface area contributed by atoms with Gasteiger partial charge in [0.05, 0.1) is 24.9 Å². The number of anilines is 1. The predicted molar refractivity (Wildman–Crippen MR) is 154 cm³/mol. The maximum absolute atomic E-state index is 13.4. The van der Waals surface area contributed by atoms with Crippen molar-refractivity contribution < 1.29 is 14.2 Å². The van der Waals surface area contributed by atoms with Crippen molar-refractivity contribution in [3.63, 3.8) is 0 Å². The zero-order chi connectivity index (χ0) is 28.8. The lowest BCUT2D eigenvalue weighted by Crippen LogP contribution is -2.34. The lowest BCUT2D eigenvalue weighted by atomic mass is 9.87. The van der Waals surface area contributed by atoms with Gasteiger partial charge in [-0.1, -0.05) is 18.2 Å². The van der Waals surface area contributed by atoms with E-state index in [1.165, 1.54) is 12.1 Å². The molecule has 0 amide bonds. The molecule has 2 aliphatic rings. The van der Waals surface area contributed by atoms with E-state index in [-0.39, 0.29) is 11.9 Å². The topological polar surface area (TPSA) is 133 Å². The van der Waals surface area contributed by atoms with Gasteiger partial charge in [0.2, 0.25) is 0 Å². The molecular formula is C30H30FN9O2. The molecule has 2 aliphatic heterocycles. The van der Waals surface area contributed by atoms with Gasteiger partial charge in [0, 0.05) is 54.6 Å². The maximum atomic E-state index is 13.4. The summed E-state index contributed by atoms with van der Waals surface area (Å²) in [6.07, 6.45) is 13.1. The van der Waals surface area contributed by atoms with Crippen molar-refractivity contribution in [2.45, 2.75) is 31.0 Å². The molecule has 6 heterocycles. The fraction of sp³-hybridized carbons (Fsp3) is 0.300. The molecule has 0 bridgehead atoms. The van der Waals surface area contributed by atoms with Gasteiger partial charge in [0.25, 0.3) is 0 Å². The molecule has 1 unspecified atom stereocenters. The number of halogens is 1. The van der Waals surface area contributed by atoms with Crippen LogP contribution in [0.1, 0.15) is 36.3 Å². The Morgan fingerprint density at radius 2 is 1.81 bits per heavy atom. The van der Waals surface area contributed by atoms with Crippen LogP contribution in [0.5, 0.6) is 0 Å². The largest absolute Gasteiger partial charge is 0.388 e. The molecule has 1 aromatic carbocycles. The van der Waals surface area contributed by atoms with Crippen LogP contribution < -0.4 is 10.6 Å². The Morgan fingerprint density at radius 3 is 2.52 bits per heavy atom. The summed E-state index contributed by atoms with van der Waals surface area (Å²) < 4.78 is 22.4. The van der Waals surface area contributed by atoms with E-state index in [0.717, 1.165) is 52.1 Å². The quantitative estimate of drug-likeness (QED) is 0.318. The molecule has 3 N–H and O–H groups in total. The molecule has 11 nitrogen and oxygen atoms in total. The van der Waals surface area contributed by atoms with Crippen molar-refractivity contribution in [3.8, 4) is 11.1 Å². The van der Waals surface area contributed by atoms with E-state index < -0.39 is 11.6 Å². The van der Waals surface area contributed by atoms with Gasteiger partial charge in [-0.05, 0) is 42.7 Å². The molecule has 5 aromatic rings. The standard InChI is InChI=1S/C30H30FN9O2/c1-30(32,22-2-4-24(31)5-3-22)23-12-33-28(34-13-23)19-6-8-38(9-7-19)29-25-10-20(14-39(25)37-18-35-29)21-11-36-40(15-21)26-16-42-17-27(26)41/h2-6,10-15,18,26-27,41H,7-9,16-17,32H2,1H3/t26?,27-,30-/m0/s1. The van der Waals surface area contributed by atoms with Gasteiger partial charge in [-0.2, -0.15) is 10.2 Å². The number of ether oxygens (including phenoxy) is 1. The first-order valence-electron chi connectivity index (χ1n) is 13.8. The van der Waals surface area contributed by atoms with E-state index in [9.17, 15) is 9.50 Å². The highest BCUT2D eigenvalue weighted by molar-refractivity contribution is 5.78. The maximum Gasteiger partial charge on any atom is 0.156 e. The summed E-state index contributed by atoms with van der Waals surface area (Å²) in [6, 6.07) is 8.05.